The fraction of sp³-hybridized carbons (Fsp3) is 0.500. The van der Waals surface area contributed by atoms with Crippen LogP contribution < -0.4 is 5.73 Å². The lowest BCUT2D eigenvalue weighted by Crippen LogP contribution is -2.16. The molecule has 0 radical (unpaired) electrons. The summed E-state index contributed by atoms with van der Waals surface area (Å²) < 4.78 is 4.52. The van der Waals surface area contributed by atoms with E-state index in [9.17, 15) is 4.79 Å². The highest BCUT2D eigenvalue weighted by Crippen LogP contribution is 2.22. The average Bonchev–Trinajstić information content (AvgIpc) is 2.51. The highest BCUT2D eigenvalue weighted by atomic mass is 32.1. The number of hydrogen-bond donors (Lipinski definition) is 1. The van der Waals surface area contributed by atoms with Gasteiger partial charge in [-0.3, -0.25) is 4.79 Å². The summed E-state index contributed by atoms with van der Waals surface area (Å²) in [4.78, 5) is 15.9. The molecule has 2 N–H and O–H groups in total. The second-order valence-corrected chi connectivity index (χ2v) is 3.58. The second-order valence-electron chi connectivity index (χ2n) is 2.69. The number of aromatic nitrogens is 1. The third-order valence-corrected chi connectivity index (χ3v) is 2.80. The molecule has 0 unspecified atom stereocenters. The van der Waals surface area contributed by atoms with Gasteiger partial charge in [0.05, 0.1) is 30.8 Å². The number of carbonyl (C=O) groups excluding carboxylic acids is 1. The zero-order chi connectivity index (χ0) is 9.84. The molecule has 4 nitrogen and oxygen atoms in total. The van der Waals surface area contributed by atoms with Gasteiger partial charge in [0.1, 0.15) is 0 Å². The topological polar surface area (TPSA) is 65.2 Å². The summed E-state index contributed by atoms with van der Waals surface area (Å²) in [6.07, 6.45) is 0.208. The highest BCUT2D eigenvalue weighted by Gasteiger charge is 2.15. The van der Waals surface area contributed by atoms with E-state index in [1.165, 1.54) is 18.4 Å². The fourth-order valence-corrected chi connectivity index (χ4v) is 1.83. The Morgan fingerprint density at radius 3 is 3.00 bits per heavy atom. The number of hydrogen-bond acceptors (Lipinski definition) is 5. The predicted octanol–water partition coefficient (Wildman–Crippen LogP) is 1.01. The van der Waals surface area contributed by atoms with Crippen LogP contribution in [0.1, 0.15) is 23.0 Å². The molecule has 72 valence electrons. The number of rotatable bonds is 3. The number of ether oxygens (including phenoxy) is 1. The van der Waals surface area contributed by atoms with Crippen molar-refractivity contribution in [1.29, 1.82) is 0 Å². The molecule has 0 aliphatic heterocycles. The third-order valence-electron chi connectivity index (χ3n) is 1.73. The Hall–Kier alpha value is -0.940. The van der Waals surface area contributed by atoms with Crippen molar-refractivity contribution in [3.05, 3.63) is 16.1 Å². The normalized spacial score (nSPS) is 12.5. The Kier molecular flexibility index (Phi) is 3.39. The van der Waals surface area contributed by atoms with Gasteiger partial charge in [0.15, 0.2) is 0 Å². The Bertz CT molecular complexity index is 298. The molecule has 1 rings (SSSR count). The molecule has 0 saturated carbocycles. The Morgan fingerprint density at radius 2 is 2.54 bits per heavy atom. The number of esters is 1. The van der Waals surface area contributed by atoms with Gasteiger partial charge in [0.25, 0.3) is 0 Å². The molecule has 1 aromatic heterocycles. The van der Waals surface area contributed by atoms with Crippen molar-refractivity contribution in [3.8, 4) is 0 Å². The molecule has 0 amide bonds. The van der Waals surface area contributed by atoms with Gasteiger partial charge in [0, 0.05) is 4.88 Å². The van der Waals surface area contributed by atoms with E-state index < -0.39 is 0 Å². The minimum Gasteiger partial charge on any atom is -0.469 e. The molecule has 1 aromatic rings. The molecule has 1 heterocycles. The third kappa shape index (κ3) is 2.50. The van der Waals surface area contributed by atoms with Gasteiger partial charge in [-0.15, -0.1) is 11.3 Å². The molecule has 1 atom stereocenters. The number of thiazole rings is 1. The number of aryl methyl sites for hydroxylation is 1. The van der Waals surface area contributed by atoms with E-state index in [0.717, 1.165) is 10.6 Å². The van der Waals surface area contributed by atoms with Gasteiger partial charge in [-0.25, -0.2) is 4.98 Å². The summed E-state index contributed by atoms with van der Waals surface area (Å²) in [7, 11) is 1.36. The average molecular weight is 200 g/mol. The van der Waals surface area contributed by atoms with Crippen molar-refractivity contribution in [2.75, 3.05) is 7.11 Å². The minimum absolute atomic E-state index is 0.208. The van der Waals surface area contributed by atoms with Crippen molar-refractivity contribution >= 4 is 17.3 Å². The standard InChI is InChI=1S/C8H12N2O2S/c1-5-8(13-4-10-5)6(9)3-7(11)12-2/h4,6H,3,9H2,1-2H3/t6-/m1/s1. The van der Waals surface area contributed by atoms with Crippen molar-refractivity contribution in [2.45, 2.75) is 19.4 Å². The first kappa shape index (κ1) is 10.1. The van der Waals surface area contributed by atoms with Crippen LogP contribution >= 0.6 is 11.3 Å². The summed E-state index contributed by atoms with van der Waals surface area (Å²) in [6.45, 7) is 1.88. The Morgan fingerprint density at radius 1 is 1.85 bits per heavy atom. The van der Waals surface area contributed by atoms with Gasteiger partial charge in [-0.1, -0.05) is 0 Å². The number of methoxy groups -OCH3 is 1. The van der Waals surface area contributed by atoms with Gasteiger partial charge in [-0.05, 0) is 6.92 Å². The summed E-state index contributed by atoms with van der Waals surface area (Å²) in [6, 6.07) is -0.292. The maximum absolute atomic E-state index is 10.9. The van der Waals surface area contributed by atoms with Crippen LogP contribution in [-0.4, -0.2) is 18.1 Å². The monoisotopic (exact) mass is 200 g/mol. The van der Waals surface area contributed by atoms with Gasteiger partial charge < -0.3 is 10.5 Å². The molecular formula is C8H12N2O2S. The number of nitrogens with zero attached hydrogens (tertiary/aromatic N) is 1. The van der Waals surface area contributed by atoms with Crippen LogP contribution in [0.2, 0.25) is 0 Å². The maximum Gasteiger partial charge on any atom is 0.307 e. The second kappa shape index (κ2) is 4.34. The number of carbonyl (C=O) groups is 1. The number of nitrogens with two attached hydrogens (primary N) is 1. The Labute approximate surface area is 80.7 Å². The van der Waals surface area contributed by atoms with Gasteiger partial charge in [0.2, 0.25) is 0 Å². The van der Waals surface area contributed by atoms with E-state index in [4.69, 9.17) is 5.73 Å². The van der Waals surface area contributed by atoms with E-state index in [1.807, 2.05) is 6.92 Å². The van der Waals surface area contributed by atoms with Crippen LogP contribution in [0, 0.1) is 6.92 Å². The van der Waals surface area contributed by atoms with Crippen LogP contribution in [0.25, 0.3) is 0 Å². The van der Waals surface area contributed by atoms with Crippen LogP contribution in [0.15, 0.2) is 5.51 Å². The van der Waals surface area contributed by atoms with E-state index in [-0.39, 0.29) is 18.4 Å². The quantitative estimate of drug-likeness (QED) is 0.740. The van der Waals surface area contributed by atoms with E-state index in [1.54, 1.807) is 5.51 Å². The van der Waals surface area contributed by atoms with E-state index >= 15 is 0 Å². The van der Waals surface area contributed by atoms with Crippen LogP contribution in [-0.2, 0) is 9.53 Å². The van der Waals surface area contributed by atoms with E-state index in [2.05, 4.69) is 9.72 Å². The van der Waals surface area contributed by atoms with Crippen molar-refractivity contribution < 1.29 is 9.53 Å². The molecule has 0 aliphatic carbocycles. The molecule has 0 fully saturated rings. The molecule has 0 spiro atoms. The summed E-state index contributed by atoms with van der Waals surface area (Å²) in [5.41, 5.74) is 8.40. The largest absolute Gasteiger partial charge is 0.469 e. The fourth-order valence-electron chi connectivity index (χ4n) is 1.02. The van der Waals surface area contributed by atoms with Crippen LogP contribution in [0.3, 0.4) is 0 Å². The molecule has 0 saturated heterocycles. The van der Waals surface area contributed by atoms with Crippen molar-refractivity contribution in [1.82, 2.24) is 4.98 Å². The minimum atomic E-state index is -0.292. The lowest BCUT2D eigenvalue weighted by molar-refractivity contribution is -0.141. The Balaban J connectivity index is 2.63. The highest BCUT2D eigenvalue weighted by molar-refractivity contribution is 7.09. The molecular weight excluding hydrogens is 188 g/mol. The zero-order valence-electron chi connectivity index (χ0n) is 7.61. The summed E-state index contributed by atoms with van der Waals surface area (Å²) in [5, 5.41) is 0. The van der Waals surface area contributed by atoms with E-state index in [0.29, 0.717) is 0 Å². The molecule has 0 aliphatic rings. The predicted molar refractivity (Wildman–Crippen MR) is 50.4 cm³/mol. The zero-order valence-corrected chi connectivity index (χ0v) is 8.43. The SMILES string of the molecule is COC(=O)C[C@@H](N)c1scnc1C. The summed E-state index contributed by atoms with van der Waals surface area (Å²) >= 11 is 1.47. The lowest BCUT2D eigenvalue weighted by atomic mass is 10.1. The lowest BCUT2D eigenvalue weighted by Gasteiger charge is -2.07. The van der Waals surface area contributed by atoms with Crippen molar-refractivity contribution in [3.63, 3.8) is 0 Å². The van der Waals surface area contributed by atoms with Gasteiger partial charge in [-0.2, -0.15) is 0 Å². The molecule has 0 bridgehead atoms. The summed E-state index contributed by atoms with van der Waals surface area (Å²) in [5.74, 6) is -0.291. The smallest absolute Gasteiger partial charge is 0.307 e. The first-order valence-electron chi connectivity index (χ1n) is 3.87. The van der Waals surface area contributed by atoms with Crippen LogP contribution in [0.4, 0.5) is 0 Å². The molecule has 13 heavy (non-hydrogen) atoms. The first-order valence-corrected chi connectivity index (χ1v) is 4.75. The van der Waals surface area contributed by atoms with Gasteiger partial charge >= 0.3 is 5.97 Å². The van der Waals surface area contributed by atoms with Crippen molar-refractivity contribution in [2.24, 2.45) is 5.73 Å². The molecule has 5 heteroatoms. The maximum atomic E-state index is 10.9. The van der Waals surface area contributed by atoms with Crippen LogP contribution in [0.5, 0.6) is 0 Å². The first-order chi connectivity index (χ1) is 6.15. The molecule has 0 aromatic carbocycles.